The van der Waals surface area contributed by atoms with E-state index in [9.17, 15) is 4.57 Å². The predicted molar refractivity (Wildman–Crippen MR) is 34.2 cm³/mol. The van der Waals surface area contributed by atoms with Crippen molar-refractivity contribution in [1.29, 1.82) is 5.26 Å². The molecule has 0 aliphatic rings. The quantitative estimate of drug-likeness (QED) is 0.370. The molecule has 0 heterocycles. The zero-order chi connectivity index (χ0) is 7.33. The Morgan fingerprint density at radius 2 is 2.22 bits per heavy atom. The molecule has 5 nitrogen and oxygen atoms in total. The molecule has 0 aliphatic heterocycles. The van der Waals surface area contributed by atoms with Crippen LogP contribution in [-0.4, -0.2) is 6.54 Å². The van der Waals surface area contributed by atoms with Crippen molar-refractivity contribution < 1.29 is 4.57 Å². The highest BCUT2D eigenvalue weighted by Gasteiger charge is 2.03. The molecular weight excluding hydrogens is 139 g/mol. The van der Waals surface area contributed by atoms with E-state index in [-0.39, 0.29) is 13.0 Å². The van der Waals surface area contributed by atoms with Gasteiger partial charge in [-0.15, -0.1) is 0 Å². The van der Waals surface area contributed by atoms with Gasteiger partial charge < -0.3 is 0 Å². The topological polar surface area (TPSA) is 105 Å². The van der Waals surface area contributed by atoms with Crippen LogP contribution in [0.2, 0.25) is 0 Å². The first-order valence-corrected chi connectivity index (χ1v) is 4.20. The van der Waals surface area contributed by atoms with Gasteiger partial charge in [-0.25, -0.2) is 5.09 Å². The van der Waals surface area contributed by atoms with E-state index in [0.29, 0.717) is 0 Å². The second kappa shape index (κ2) is 3.59. The molecule has 0 atom stereocenters. The Bertz CT molecular complexity index is 156. The van der Waals surface area contributed by atoms with Crippen LogP contribution in [-0.2, 0) is 4.57 Å². The molecule has 6 heteroatoms. The summed E-state index contributed by atoms with van der Waals surface area (Å²) in [5, 5.41) is 10.3. The summed E-state index contributed by atoms with van der Waals surface area (Å²) in [6, 6.07) is 1.85. The van der Waals surface area contributed by atoms with E-state index < -0.39 is 7.59 Å². The van der Waals surface area contributed by atoms with Crippen molar-refractivity contribution in [2.24, 2.45) is 11.0 Å². The monoisotopic (exact) mass is 148 g/mol. The van der Waals surface area contributed by atoms with Crippen LogP contribution in [0.1, 0.15) is 6.42 Å². The van der Waals surface area contributed by atoms with Crippen molar-refractivity contribution in [3.05, 3.63) is 0 Å². The minimum Gasteiger partial charge on any atom is -0.271 e. The van der Waals surface area contributed by atoms with Crippen molar-refractivity contribution >= 4 is 7.59 Å². The number of rotatable bonds is 3. The largest absolute Gasteiger partial charge is 0.273 e. The van der Waals surface area contributed by atoms with Crippen molar-refractivity contribution in [1.82, 2.24) is 5.09 Å². The standard InChI is InChI=1S/C3H9N4OP/c4-2-1-3-7-9(5,6)8/h1,3H2,(H5,5,6,7,8). The maximum atomic E-state index is 10.4. The fourth-order valence-electron chi connectivity index (χ4n) is 0.287. The van der Waals surface area contributed by atoms with Crippen LogP contribution in [0.5, 0.6) is 0 Å². The Kier molecular flexibility index (Phi) is 3.43. The van der Waals surface area contributed by atoms with Gasteiger partial charge in [0.15, 0.2) is 0 Å². The van der Waals surface area contributed by atoms with Gasteiger partial charge in [0.2, 0.25) is 0 Å². The fraction of sp³-hybridized carbons (Fsp3) is 0.667. The highest BCUT2D eigenvalue weighted by molar-refractivity contribution is 7.56. The van der Waals surface area contributed by atoms with Crippen LogP contribution in [0.4, 0.5) is 0 Å². The van der Waals surface area contributed by atoms with Crippen molar-refractivity contribution in [2.45, 2.75) is 6.42 Å². The second-order valence-electron chi connectivity index (χ2n) is 1.53. The zero-order valence-electron chi connectivity index (χ0n) is 4.87. The lowest BCUT2D eigenvalue weighted by Gasteiger charge is -2.04. The van der Waals surface area contributed by atoms with Crippen LogP contribution in [0.25, 0.3) is 0 Å². The van der Waals surface area contributed by atoms with E-state index in [2.05, 4.69) is 5.09 Å². The molecular formula is C3H9N4OP. The zero-order valence-corrected chi connectivity index (χ0v) is 5.77. The molecule has 5 N–H and O–H groups in total. The molecule has 0 aromatic heterocycles. The highest BCUT2D eigenvalue weighted by Crippen LogP contribution is 2.15. The number of hydrogen-bond acceptors (Lipinski definition) is 2. The SMILES string of the molecule is N#CCCNP(N)(N)=O. The molecule has 0 rings (SSSR count). The Hall–Kier alpha value is -0.400. The highest BCUT2D eigenvalue weighted by atomic mass is 31.2. The summed E-state index contributed by atoms with van der Waals surface area (Å²) >= 11 is 0. The molecule has 52 valence electrons. The molecule has 0 spiro atoms. The lowest BCUT2D eigenvalue weighted by atomic mass is 10.5. The maximum absolute atomic E-state index is 10.4. The summed E-state index contributed by atoms with van der Waals surface area (Å²) in [6.07, 6.45) is 0.262. The molecule has 0 aromatic carbocycles. The first-order valence-electron chi connectivity index (χ1n) is 2.35. The first-order chi connectivity index (χ1) is 4.06. The molecule has 0 aliphatic carbocycles. The summed E-state index contributed by atoms with van der Waals surface area (Å²) in [7, 11) is -3.10. The van der Waals surface area contributed by atoms with Crippen molar-refractivity contribution in [2.75, 3.05) is 6.54 Å². The predicted octanol–water partition coefficient (Wildman–Crippen LogP) is -0.485. The van der Waals surface area contributed by atoms with E-state index >= 15 is 0 Å². The second-order valence-corrected chi connectivity index (χ2v) is 3.26. The number of nitrogens with zero attached hydrogens (tertiary/aromatic N) is 1. The van der Waals surface area contributed by atoms with E-state index in [0.717, 1.165) is 0 Å². The maximum Gasteiger partial charge on any atom is 0.273 e. The van der Waals surface area contributed by atoms with Crippen LogP contribution in [0.3, 0.4) is 0 Å². The van der Waals surface area contributed by atoms with Gasteiger partial charge in [0.25, 0.3) is 7.59 Å². The minimum atomic E-state index is -3.10. The van der Waals surface area contributed by atoms with E-state index in [1.807, 2.05) is 6.07 Å². The van der Waals surface area contributed by atoms with Gasteiger partial charge in [-0.1, -0.05) is 0 Å². The third kappa shape index (κ3) is 7.60. The van der Waals surface area contributed by atoms with E-state index in [1.165, 1.54) is 0 Å². The number of nitrogens with one attached hydrogen (secondary N) is 1. The van der Waals surface area contributed by atoms with E-state index in [1.54, 1.807) is 0 Å². The Balaban J connectivity index is 3.32. The van der Waals surface area contributed by atoms with Gasteiger partial charge in [-0.2, -0.15) is 5.26 Å². The lowest BCUT2D eigenvalue weighted by Crippen LogP contribution is -2.22. The minimum absolute atomic E-state index is 0.262. The van der Waals surface area contributed by atoms with Gasteiger partial charge in [0.05, 0.1) is 6.07 Å². The Morgan fingerprint density at radius 3 is 2.56 bits per heavy atom. The summed E-state index contributed by atoms with van der Waals surface area (Å²) in [5.74, 6) is 0. The van der Waals surface area contributed by atoms with Gasteiger partial charge in [-0.05, 0) is 0 Å². The number of nitrogens with two attached hydrogens (primary N) is 2. The Morgan fingerprint density at radius 1 is 1.67 bits per heavy atom. The average Bonchev–Trinajstić information content (AvgIpc) is 1.63. The molecule has 0 radical (unpaired) electrons. The van der Waals surface area contributed by atoms with Crippen molar-refractivity contribution in [3.63, 3.8) is 0 Å². The molecule has 9 heavy (non-hydrogen) atoms. The molecule has 0 amide bonds. The van der Waals surface area contributed by atoms with Crippen LogP contribution < -0.4 is 16.1 Å². The van der Waals surface area contributed by atoms with Gasteiger partial charge in [0.1, 0.15) is 0 Å². The summed E-state index contributed by atoms with van der Waals surface area (Å²) in [6.45, 7) is 0.279. The normalized spacial score (nSPS) is 10.8. The average molecular weight is 148 g/mol. The van der Waals surface area contributed by atoms with Crippen LogP contribution in [0.15, 0.2) is 0 Å². The lowest BCUT2D eigenvalue weighted by molar-refractivity contribution is 0.566. The third-order valence-electron chi connectivity index (χ3n) is 0.596. The van der Waals surface area contributed by atoms with Crippen LogP contribution >= 0.6 is 7.59 Å². The first kappa shape index (κ1) is 8.60. The summed E-state index contributed by atoms with van der Waals surface area (Å²) in [4.78, 5) is 0. The third-order valence-corrected chi connectivity index (χ3v) is 1.31. The number of nitriles is 1. The van der Waals surface area contributed by atoms with E-state index in [4.69, 9.17) is 16.3 Å². The molecule has 0 aromatic rings. The molecule has 0 saturated heterocycles. The fourth-order valence-corrected chi connectivity index (χ4v) is 0.748. The number of hydrogen-bond donors (Lipinski definition) is 3. The summed E-state index contributed by atoms with van der Waals surface area (Å²) in [5.41, 5.74) is 9.78. The van der Waals surface area contributed by atoms with Crippen molar-refractivity contribution in [3.8, 4) is 6.07 Å². The molecule has 0 saturated carbocycles. The van der Waals surface area contributed by atoms with Crippen LogP contribution in [0, 0.1) is 11.3 Å². The van der Waals surface area contributed by atoms with Gasteiger partial charge >= 0.3 is 0 Å². The molecule has 0 bridgehead atoms. The summed E-state index contributed by atoms with van der Waals surface area (Å²) < 4.78 is 10.4. The smallest absolute Gasteiger partial charge is 0.271 e. The molecule has 0 unspecified atom stereocenters. The molecule has 0 fully saturated rings. The van der Waals surface area contributed by atoms with Gasteiger partial charge in [0, 0.05) is 13.0 Å². The Labute approximate surface area is 53.5 Å². The van der Waals surface area contributed by atoms with Gasteiger partial charge in [-0.3, -0.25) is 15.6 Å².